The van der Waals surface area contributed by atoms with Crippen LogP contribution in [-0.4, -0.2) is 29.1 Å². The molecular formula is C13H13ClN2O2S. The molecule has 0 aliphatic carbocycles. The maximum absolute atomic E-state index is 10.9. The molecule has 1 aliphatic rings. The van der Waals surface area contributed by atoms with Crippen LogP contribution in [0.25, 0.3) is 10.2 Å². The van der Waals surface area contributed by atoms with Gasteiger partial charge in [0.2, 0.25) is 0 Å². The summed E-state index contributed by atoms with van der Waals surface area (Å²) in [4.78, 5) is 17.7. The number of benzene rings is 1. The van der Waals surface area contributed by atoms with Crippen molar-refractivity contribution >= 4 is 44.3 Å². The molecule has 100 valence electrons. The number of hydrogen-bond donors (Lipinski definition) is 1. The molecule has 3 rings (SSSR count). The Bertz CT molecular complexity index is 620. The van der Waals surface area contributed by atoms with Crippen molar-refractivity contribution in [2.24, 2.45) is 5.92 Å². The second-order valence-electron chi connectivity index (χ2n) is 4.71. The molecule has 0 spiro atoms. The van der Waals surface area contributed by atoms with E-state index in [1.54, 1.807) is 11.3 Å². The van der Waals surface area contributed by atoms with Crippen LogP contribution in [0.15, 0.2) is 18.2 Å². The smallest absolute Gasteiger partial charge is 0.306 e. The average molecular weight is 297 g/mol. The number of carboxylic acids is 1. The van der Waals surface area contributed by atoms with Crippen LogP contribution < -0.4 is 4.90 Å². The van der Waals surface area contributed by atoms with E-state index < -0.39 is 5.97 Å². The third-order valence-electron chi connectivity index (χ3n) is 3.45. The highest BCUT2D eigenvalue weighted by Gasteiger charge is 2.25. The first-order valence-corrected chi connectivity index (χ1v) is 7.37. The molecule has 1 aromatic heterocycles. The van der Waals surface area contributed by atoms with E-state index in [9.17, 15) is 4.79 Å². The van der Waals surface area contributed by atoms with Gasteiger partial charge in [0.05, 0.1) is 16.1 Å². The maximum atomic E-state index is 10.9. The van der Waals surface area contributed by atoms with Crippen molar-refractivity contribution in [3.63, 3.8) is 0 Å². The molecule has 1 aromatic carbocycles. The molecule has 1 fully saturated rings. The Balaban J connectivity index is 1.80. The maximum Gasteiger partial charge on any atom is 0.306 e. The molecule has 2 heterocycles. The minimum absolute atomic E-state index is 0.208. The lowest BCUT2D eigenvalue weighted by Crippen LogP contribution is -2.36. The number of nitrogens with zero attached hydrogens (tertiary/aromatic N) is 2. The standard InChI is InChI=1S/C13H13ClN2O2S/c14-9-1-2-10-11(7-9)19-13(15-10)16-5-3-8(4-6-16)12(17)18/h1-2,7-8H,3-6H2,(H,17,18). The zero-order valence-corrected chi connectivity index (χ0v) is 11.7. The Morgan fingerprint density at radius 1 is 1.42 bits per heavy atom. The van der Waals surface area contributed by atoms with E-state index in [2.05, 4.69) is 9.88 Å². The molecule has 0 unspecified atom stereocenters. The molecule has 0 radical (unpaired) electrons. The van der Waals surface area contributed by atoms with Crippen molar-refractivity contribution in [3.8, 4) is 0 Å². The number of anilines is 1. The zero-order chi connectivity index (χ0) is 13.4. The minimum Gasteiger partial charge on any atom is -0.481 e. The lowest BCUT2D eigenvalue weighted by atomic mass is 9.98. The number of fused-ring (bicyclic) bond motifs is 1. The Morgan fingerprint density at radius 3 is 2.84 bits per heavy atom. The van der Waals surface area contributed by atoms with Crippen molar-refractivity contribution in [1.82, 2.24) is 4.98 Å². The van der Waals surface area contributed by atoms with E-state index in [0.29, 0.717) is 17.9 Å². The highest BCUT2D eigenvalue weighted by Crippen LogP contribution is 2.32. The predicted octanol–water partition coefficient (Wildman–Crippen LogP) is 3.25. The van der Waals surface area contributed by atoms with E-state index in [0.717, 1.165) is 28.4 Å². The number of aromatic nitrogens is 1. The summed E-state index contributed by atoms with van der Waals surface area (Å²) in [6, 6.07) is 5.67. The molecule has 0 saturated carbocycles. The molecule has 19 heavy (non-hydrogen) atoms. The van der Waals surface area contributed by atoms with Gasteiger partial charge in [0.15, 0.2) is 5.13 Å². The first-order chi connectivity index (χ1) is 9.13. The third kappa shape index (κ3) is 2.53. The Morgan fingerprint density at radius 2 is 2.16 bits per heavy atom. The number of hydrogen-bond acceptors (Lipinski definition) is 4. The summed E-state index contributed by atoms with van der Waals surface area (Å²) in [5.74, 6) is -0.893. The van der Waals surface area contributed by atoms with Gasteiger partial charge in [-0.25, -0.2) is 4.98 Å². The van der Waals surface area contributed by atoms with Gasteiger partial charge in [0.25, 0.3) is 0 Å². The zero-order valence-electron chi connectivity index (χ0n) is 10.2. The molecule has 4 nitrogen and oxygen atoms in total. The van der Waals surface area contributed by atoms with Crippen molar-refractivity contribution < 1.29 is 9.90 Å². The van der Waals surface area contributed by atoms with Crippen LogP contribution in [0.4, 0.5) is 5.13 Å². The van der Waals surface area contributed by atoms with Crippen molar-refractivity contribution in [2.45, 2.75) is 12.8 Å². The van der Waals surface area contributed by atoms with Gasteiger partial charge in [0, 0.05) is 18.1 Å². The van der Waals surface area contributed by atoms with Crippen molar-refractivity contribution in [2.75, 3.05) is 18.0 Å². The van der Waals surface area contributed by atoms with Crippen LogP contribution >= 0.6 is 22.9 Å². The number of aliphatic carboxylic acids is 1. The molecule has 0 bridgehead atoms. The number of thiazole rings is 1. The van der Waals surface area contributed by atoms with Crippen LogP contribution in [0.3, 0.4) is 0 Å². The van der Waals surface area contributed by atoms with E-state index >= 15 is 0 Å². The first kappa shape index (κ1) is 12.7. The van der Waals surface area contributed by atoms with Gasteiger partial charge >= 0.3 is 5.97 Å². The van der Waals surface area contributed by atoms with Crippen LogP contribution in [0, 0.1) is 5.92 Å². The van der Waals surface area contributed by atoms with Gasteiger partial charge in [-0.3, -0.25) is 4.79 Å². The molecule has 1 saturated heterocycles. The predicted molar refractivity (Wildman–Crippen MR) is 77.2 cm³/mol. The van der Waals surface area contributed by atoms with Crippen LogP contribution in [0.5, 0.6) is 0 Å². The molecule has 6 heteroatoms. The van der Waals surface area contributed by atoms with Crippen LogP contribution in [0.1, 0.15) is 12.8 Å². The minimum atomic E-state index is -0.685. The highest BCUT2D eigenvalue weighted by molar-refractivity contribution is 7.22. The summed E-state index contributed by atoms with van der Waals surface area (Å²) < 4.78 is 1.07. The molecule has 1 aliphatic heterocycles. The van der Waals surface area contributed by atoms with Crippen molar-refractivity contribution in [1.29, 1.82) is 0 Å². The summed E-state index contributed by atoms with van der Waals surface area (Å²) in [7, 11) is 0. The molecule has 0 amide bonds. The summed E-state index contributed by atoms with van der Waals surface area (Å²) >= 11 is 7.58. The molecule has 2 aromatic rings. The topological polar surface area (TPSA) is 53.4 Å². The van der Waals surface area contributed by atoms with E-state index in [1.165, 1.54) is 0 Å². The first-order valence-electron chi connectivity index (χ1n) is 6.17. The van der Waals surface area contributed by atoms with Gasteiger partial charge in [-0.2, -0.15) is 0 Å². The summed E-state index contributed by atoms with van der Waals surface area (Å²) in [5, 5.41) is 10.7. The lowest BCUT2D eigenvalue weighted by Gasteiger charge is -2.29. The Hall–Kier alpha value is -1.33. The fourth-order valence-corrected chi connectivity index (χ4v) is 3.63. The van der Waals surface area contributed by atoms with Gasteiger partial charge in [-0.05, 0) is 31.0 Å². The monoisotopic (exact) mass is 296 g/mol. The SMILES string of the molecule is O=C(O)C1CCN(c2nc3ccc(Cl)cc3s2)CC1. The largest absolute Gasteiger partial charge is 0.481 e. The molecular weight excluding hydrogens is 284 g/mol. The fourth-order valence-electron chi connectivity index (χ4n) is 2.34. The number of carbonyl (C=O) groups is 1. The third-order valence-corrected chi connectivity index (χ3v) is 4.77. The molecule has 1 N–H and O–H groups in total. The Kier molecular flexibility index (Phi) is 3.33. The number of halogens is 1. The average Bonchev–Trinajstić information content (AvgIpc) is 2.81. The lowest BCUT2D eigenvalue weighted by molar-refractivity contribution is -0.142. The van der Waals surface area contributed by atoms with E-state index in [1.807, 2.05) is 18.2 Å². The molecule has 0 atom stereocenters. The fraction of sp³-hybridized carbons (Fsp3) is 0.385. The van der Waals surface area contributed by atoms with Gasteiger partial charge in [-0.1, -0.05) is 22.9 Å². The van der Waals surface area contributed by atoms with Crippen molar-refractivity contribution in [3.05, 3.63) is 23.2 Å². The van der Waals surface area contributed by atoms with Gasteiger partial charge in [0.1, 0.15) is 0 Å². The Labute approximate surface area is 119 Å². The number of rotatable bonds is 2. The van der Waals surface area contributed by atoms with E-state index in [4.69, 9.17) is 16.7 Å². The summed E-state index contributed by atoms with van der Waals surface area (Å²) in [5.41, 5.74) is 0.949. The summed E-state index contributed by atoms with van der Waals surface area (Å²) in [6.07, 6.45) is 1.37. The highest BCUT2D eigenvalue weighted by atomic mass is 35.5. The number of piperidine rings is 1. The quantitative estimate of drug-likeness (QED) is 0.924. The second kappa shape index (κ2) is 4.98. The van der Waals surface area contributed by atoms with E-state index in [-0.39, 0.29) is 5.92 Å². The normalized spacial score (nSPS) is 17.0. The second-order valence-corrected chi connectivity index (χ2v) is 6.15. The van der Waals surface area contributed by atoms with Crippen LogP contribution in [-0.2, 0) is 4.79 Å². The van der Waals surface area contributed by atoms with Gasteiger partial charge in [-0.15, -0.1) is 0 Å². The van der Waals surface area contributed by atoms with Crippen LogP contribution in [0.2, 0.25) is 5.02 Å². The van der Waals surface area contributed by atoms with Gasteiger partial charge < -0.3 is 10.0 Å². The number of carboxylic acid groups (broad SMARTS) is 1. The summed E-state index contributed by atoms with van der Waals surface area (Å²) in [6.45, 7) is 1.51.